The number of aliphatic hydroxyl groups is 1. The Morgan fingerprint density at radius 1 is 1.11 bits per heavy atom. The summed E-state index contributed by atoms with van der Waals surface area (Å²) in [5, 5.41) is 12.0. The lowest BCUT2D eigenvalue weighted by atomic mass is 9.34. The zero-order chi connectivity index (χ0) is 23.6. The quantitative estimate of drug-likeness (QED) is 0.652. The molecule has 6 fully saturated rings. The smallest absolute Gasteiger partial charge is 0.165 e. The van der Waals surface area contributed by atoms with E-state index >= 15 is 0 Å². The highest BCUT2D eigenvalue weighted by atomic mass is 16.6. The van der Waals surface area contributed by atoms with Gasteiger partial charge < -0.3 is 19.3 Å². The van der Waals surface area contributed by atoms with Crippen LogP contribution in [0.4, 0.5) is 0 Å². The fourth-order valence-corrected chi connectivity index (χ4v) is 10.6. The summed E-state index contributed by atoms with van der Waals surface area (Å²) in [4.78, 5) is 2.88. The van der Waals surface area contributed by atoms with E-state index in [9.17, 15) is 5.11 Å². The summed E-state index contributed by atoms with van der Waals surface area (Å²) in [6.45, 7) is 2.42. The Balaban J connectivity index is 1.33. The third-order valence-corrected chi connectivity index (χ3v) is 12.2. The van der Waals surface area contributed by atoms with Crippen molar-refractivity contribution in [1.82, 2.24) is 4.90 Å². The lowest BCUT2D eigenvalue weighted by Gasteiger charge is -2.74. The highest BCUT2D eigenvalue weighted by Crippen LogP contribution is 2.77. The molecule has 0 aromatic heterocycles. The predicted molar refractivity (Wildman–Crippen MR) is 133 cm³/mol. The minimum absolute atomic E-state index is 0.0185. The van der Waals surface area contributed by atoms with Crippen molar-refractivity contribution >= 4 is 0 Å². The summed E-state index contributed by atoms with van der Waals surface area (Å²) < 4.78 is 19.6. The van der Waals surface area contributed by atoms with Crippen LogP contribution >= 0.6 is 0 Å². The van der Waals surface area contributed by atoms with Crippen LogP contribution in [0.1, 0.15) is 75.3 Å². The third-order valence-electron chi connectivity index (χ3n) is 12.2. The number of rotatable bonds is 6. The van der Waals surface area contributed by atoms with Crippen LogP contribution in [0.5, 0.6) is 11.5 Å². The molecule has 1 aromatic rings. The van der Waals surface area contributed by atoms with Crippen LogP contribution in [-0.2, 0) is 16.6 Å². The molecule has 1 saturated heterocycles. The van der Waals surface area contributed by atoms with E-state index in [1.165, 1.54) is 49.8 Å². The molecule has 2 heterocycles. The van der Waals surface area contributed by atoms with Crippen LogP contribution in [0, 0.1) is 23.2 Å². The summed E-state index contributed by atoms with van der Waals surface area (Å²) in [6.07, 6.45) is 12.9. The van der Waals surface area contributed by atoms with Crippen LogP contribution in [-0.4, -0.2) is 61.2 Å². The monoisotopic (exact) mass is 479 g/mol. The number of nitrogens with zero attached hydrogens (tertiary/aromatic N) is 1. The van der Waals surface area contributed by atoms with Crippen LogP contribution in [0.3, 0.4) is 0 Å². The number of fused-ring (bicyclic) bond motifs is 2. The normalized spacial score (nSPS) is 44.3. The number of hydrogen-bond donors (Lipinski definition) is 1. The first-order valence-electron chi connectivity index (χ1n) is 14.4. The van der Waals surface area contributed by atoms with Crippen molar-refractivity contribution in [2.24, 2.45) is 23.2 Å². The standard InChI is InChI=1S/C30H41NO4/c1-33-22-10-9-20-15-23-28-11-12-30(34-2,21(16-28)25(32)19-5-3-4-6-19)27-29(28,24(20)26(22)35-27)13-14-31(23)17-18-7-8-18/h9-10,18-19,21,23,25,27,32H,3-8,11-17H2,1-2H3/t21-,23-,25-,27-,28-,29+,30-/m1/s1. The van der Waals surface area contributed by atoms with Crippen LogP contribution in [0.25, 0.3) is 0 Å². The third kappa shape index (κ3) is 2.47. The van der Waals surface area contributed by atoms with E-state index in [0.29, 0.717) is 12.0 Å². The van der Waals surface area contributed by atoms with Gasteiger partial charge in [-0.2, -0.15) is 0 Å². The molecule has 6 aliphatic carbocycles. The second kappa shape index (κ2) is 7.17. The van der Waals surface area contributed by atoms with Gasteiger partial charge in [0.05, 0.1) is 13.2 Å². The average molecular weight is 480 g/mol. The van der Waals surface area contributed by atoms with Gasteiger partial charge in [-0.05, 0) is 87.8 Å². The van der Waals surface area contributed by atoms with Crippen molar-refractivity contribution in [3.8, 4) is 11.5 Å². The lowest BCUT2D eigenvalue weighted by Crippen LogP contribution is -2.82. The molecular formula is C30H41NO4. The maximum atomic E-state index is 12.0. The van der Waals surface area contributed by atoms with Gasteiger partial charge in [-0.1, -0.05) is 18.9 Å². The topological polar surface area (TPSA) is 51.2 Å². The van der Waals surface area contributed by atoms with E-state index in [2.05, 4.69) is 17.0 Å². The van der Waals surface area contributed by atoms with Crippen molar-refractivity contribution in [3.63, 3.8) is 0 Å². The van der Waals surface area contributed by atoms with E-state index in [4.69, 9.17) is 14.2 Å². The largest absolute Gasteiger partial charge is 0.493 e. The SMILES string of the molecule is COc1ccc2c3c1O[C@H]1[C@@]4(OC)CC[C@@]5(C[C@@H]4[C@H](O)C4CCCC4)[C@@H](C2)N(CC2CC2)CC[C@]315. The zero-order valence-corrected chi connectivity index (χ0v) is 21.4. The first kappa shape index (κ1) is 21.8. The van der Waals surface area contributed by atoms with Gasteiger partial charge >= 0.3 is 0 Å². The first-order chi connectivity index (χ1) is 17.1. The van der Waals surface area contributed by atoms with Gasteiger partial charge in [-0.15, -0.1) is 0 Å². The van der Waals surface area contributed by atoms with Crippen LogP contribution < -0.4 is 9.47 Å². The van der Waals surface area contributed by atoms with E-state index in [-0.39, 0.29) is 29.0 Å². The zero-order valence-electron chi connectivity index (χ0n) is 21.4. The van der Waals surface area contributed by atoms with Crippen molar-refractivity contribution in [2.75, 3.05) is 27.3 Å². The first-order valence-corrected chi connectivity index (χ1v) is 14.4. The molecule has 8 aliphatic rings. The summed E-state index contributed by atoms with van der Waals surface area (Å²) in [6, 6.07) is 5.01. The lowest BCUT2D eigenvalue weighted by molar-refractivity contribution is -0.293. The molecule has 7 atom stereocenters. The number of methoxy groups -OCH3 is 2. The molecule has 1 aromatic carbocycles. The second-order valence-electron chi connectivity index (χ2n) is 13.2. The number of likely N-dealkylation sites (tertiary alicyclic amines) is 1. The maximum Gasteiger partial charge on any atom is 0.165 e. The van der Waals surface area contributed by atoms with Crippen molar-refractivity contribution in [3.05, 3.63) is 23.3 Å². The van der Waals surface area contributed by atoms with Gasteiger partial charge in [0.1, 0.15) is 11.7 Å². The molecule has 0 unspecified atom stereocenters. The van der Waals surface area contributed by atoms with Gasteiger partial charge in [-0.25, -0.2) is 0 Å². The van der Waals surface area contributed by atoms with E-state index in [1.807, 2.05) is 7.11 Å². The van der Waals surface area contributed by atoms with Crippen molar-refractivity contribution in [2.45, 2.75) is 99.9 Å². The minimum atomic E-state index is -0.425. The molecule has 5 saturated carbocycles. The summed E-state index contributed by atoms with van der Waals surface area (Å²) in [5.74, 6) is 3.33. The van der Waals surface area contributed by atoms with Crippen LogP contribution in [0.15, 0.2) is 12.1 Å². The van der Waals surface area contributed by atoms with Crippen molar-refractivity contribution < 1.29 is 19.3 Å². The Kier molecular flexibility index (Phi) is 4.46. The summed E-state index contributed by atoms with van der Waals surface area (Å²) in [7, 11) is 3.67. The fourth-order valence-electron chi connectivity index (χ4n) is 10.6. The van der Waals surface area contributed by atoms with Gasteiger partial charge in [0, 0.05) is 42.0 Å². The van der Waals surface area contributed by atoms with Crippen molar-refractivity contribution in [1.29, 1.82) is 0 Å². The molecule has 35 heavy (non-hydrogen) atoms. The predicted octanol–water partition coefficient (Wildman–Crippen LogP) is 4.47. The molecule has 1 N–H and O–H groups in total. The maximum absolute atomic E-state index is 12.0. The van der Waals surface area contributed by atoms with Gasteiger partial charge in [0.2, 0.25) is 0 Å². The average Bonchev–Trinajstić information content (AvgIpc) is 3.37. The molecular weight excluding hydrogens is 438 g/mol. The summed E-state index contributed by atoms with van der Waals surface area (Å²) in [5.41, 5.74) is 2.64. The van der Waals surface area contributed by atoms with Gasteiger partial charge in [0.15, 0.2) is 11.5 Å². The summed E-state index contributed by atoms with van der Waals surface area (Å²) >= 11 is 0. The number of aliphatic hydroxyl groups excluding tert-OH is 1. The minimum Gasteiger partial charge on any atom is -0.493 e. The molecule has 2 spiro atoms. The Morgan fingerprint density at radius 3 is 2.69 bits per heavy atom. The number of piperidine rings is 1. The second-order valence-corrected chi connectivity index (χ2v) is 13.2. The van der Waals surface area contributed by atoms with E-state index < -0.39 is 5.60 Å². The Labute approximate surface area is 209 Å². The van der Waals surface area contributed by atoms with E-state index in [1.54, 1.807) is 7.11 Å². The Morgan fingerprint density at radius 2 is 1.94 bits per heavy atom. The Bertz CT molecular complexity index is 1050. The molecule has 190 valence electrons. The highest BCUT2D eigenvalue weighted by molar-refractivity contribution is 5.63. The molecule has 0 amide bonds. The molecule has 5 nitrogen and oxygen atoms in total. The molecule has 2 aliphatic heterocycles. The van der Waals surface area contributed by atoms with E-state index in [0.717, 1.165) is 62.5 Å². The molecule has 4 bridgehead atoms. The van der Waals surface area contributed by atoms with Crippen LogP contribution in [0.2, 0.25) is 0 Å². The molecule has 5 heteroatoms. The number of ether oxygens (including phenoxy) is 3. The molecule has 0 radical (unpaired) electrons. The molecule has 9 rings (SSSR count). The fraction of sp³-hybridized carbons (Fsp3) is 0.800. The number of hydrogen-bond acceptors (Lipinski definition) is 5. The number of benzene rings is 1. The van der Waals surface area contributed by atoms with Gasteiger partial charge in [-0.3, -0.25) is 4.90 Å². The van der Waals surface area contributed by atoms with Gasteiger partial charge in [0.25, 0.3) is 0 Å². The Hall–Kier alpha value is -1.30. The highest BCUT2D eigenvalue weighted by Gasteiger charge is 2.81.